The smallest absolute Gasteiger partial charge is 0.244 e. The quantitative estimate of drug-likeness (QED) is 0.868. The molecule has 1 aromatic carbocycles. The monoisotopic (exact) mass is 382 g/mol. The number of rotatable bonds is 3. The average Bonchev–Trinajstić information content (AvgIpc) is 2.40. The third kappa shape index (κ3) is 3.12. The molecule has 0 amide bonds. The summed E-state index contributed by atoms with van der Waals surface area (Å²) in [6.07, 6.45) is 0. The molecule has 0 saturated carbocycles. The number of nitrogens with zero attached hydrogens (tertiary/aromatic N) is 1. The lowest BCUT2D eigenvalue weighted by Crippen LogP contribution is -2.51. The van der Waals surface area contributed by atoms with Gasteiger partial charge >= 0.3 is 0 Å². The zero-order valence-electron chi connectivity index (χ0n) is 11.2. The van der Waals surface area contributed by atoms with Crippen molar-refractivity contribution in [3.05, 3.63) is 21.6 Å². The average molecular weight is 384 g/mol. The first-order chi connectivity index (χ1) is 9.36. The van der Waals surface area contributed by atoms with Crippen LogP contribution >= 0.6 is 27.5 Å². The molecular weight excluding hydrogens is 368 g/mol. The summed E-state index contributed by atoms with van der Waals surface area (Å²) in [5.41, 5.74) is 0. The molecule has 1 fully saturated rings. The Morgan fingerprint density at radius 1 is 1.50 bits per heavy atom. The van der Waals surface area contributed by atoms with Crippen LogP contribution in [0.15, 0.2) is 21.5 Å². The van der Waals surface area contributed by atoms with E-state index in [0.29, 0.717) is 29.9 Å². The Hall–Kier alpha value is -0.340. The molecule has 112 valence electrons. The summed E-state index contributed by atoms with van der Waals surface area (Å²) in [6.45, 7) is 3.49. The molecule has 1 aliphatic rings. The van der Waals surface area contributed by atoms with E-state index < -0.39 is 10.0 Å². The van der Waals surface area contributed by atoms with Gasteiger partial charge in [0.1, 0.15) is 5.75 Å². The number of piperazine rings is 1. The number of halogens is 2. The number of sulfonamides is 1. The highest BCUT2D eigenvalue weighted by Gasteiger charge is 2.30. The van der Waals surface area contributed by atoms with Crippen molar-refractivity contribution in [3.63, 3.8) is 0 Å². The number of ether oxygens (including phenoxy) is 1. The molecular formula is C12H16BrClN2O3S. The fourth-order valence-corrected chi connectivity index (χ4v) is 4.96. The Bertz CT molecular complexity index is 609. The van der Waals surface area contributed by atoms with Crippen molar-refractivity contribution in [2.24, 2.45) is 0 Å². The molecule has 1 saturated heterocycles. The number of nitrogens with one attached hydrogen (secondary N) is 1. The lowest BCUT2D eigenvalue weighted by atomic mass is 10.3. The topological polar surface area (TPSA) is 58.6 Å². The van der Waals surface area contributed by atoms with Gasteiger partial charge in [-0.15, -0.1) is 0 Å². The van der Waals surface area contributed by atoms with E-state index in [1.54, 1.807) is 6.07 Å². The van der Waals surface area contributed by atoms with Crippen LogP contribution < -0.4 is 10.1 Å². The van der Waals surface area contributed by atoms with Crippen LogP contribution in [0.3, 0.4) is 0 Å². The van der Waals surface area contributed by atoms with Crippen LogP contribution in [0.2, 0.25) is 5.02 Å². The Labute approximate surface area is 132 Å². The van der Waals surface area contributed by atoms with Gasteiger partial charge in [0.15, 0.2) is 0 Å². The van der Waals surface area contributed by atoms with Crippen LogP contribution in [0.25, 0.3) is 0 Å². The van der Waals surface area contributed by atoms with E-state index in [4.69, 9.17) is 16.3 Å². The van der Waals surface area contributed by atoms with Gasteiger partial charge in [-0.1, -0.05) is 11.6 Å². The number of methoxy groups -OCH3 is 1. The molecule has 0 aromatic heterocycles. The predicted octanol–water partition coefficient (Wildman–Crippen LogP) is 2.09. The standard InChI is InChI=1S/C12H16BrClN2O3S/c1-8-7-16(4-3-15-8)20(17,18)12-6-10(14)11(19-2)5-9(12)13/h5-6,8,15H,3-4,7H2,1-2H3. The van der Waals surface area contributed by atoms with Crippen LogP contribution in [0.4, 0.5) is 0 Å². The SMILES string of the molecule is COc1cc(Br)c(S(=O)(=O)N2CCNC(C)C2)cc1Cl. The van der Waals surface area contributed by atoms with Crippen LogP contribution in [0.5, 0.6) is 5.75 Å². The highest BCUT2D eigenvalue weighted by molar-refractivity contribution is 9.10. The molecule has 0 radical (unpaired) electrons. The van der Waals surface area contributed by atoms with Crippen molar-refractivity contribution in [1.82, 2.24) is 9.62 Å². The van der Waals surface area contributed by atoms with Crippen molar-refractivity contribution in [2.75, 3.05) is 26.7 Å². The second-order valence-corrected chi connectivity index (χ2v) is 7.80. The molecule has 1 aliphatic heterocycles. The summed E-state index contributed by atoms with van der Waals surface area (Å²) in [5, 5.41) is 3.49. The molecule has 2 rings (SSSR count). The predicted molar refractivity (Wildman–Crippen MR) is 81.9 cm³/mol. The Balaban J connectivity index is 2.41. The van der Waals surface area contributed by atoms with Gasteiger partial charge < -0.3 is 10.1 Å². The van der Waals surface area contributed by atoms with Gasteiger partial charge in [0, 0.05) is 30.1 Å². The van der Waals surface area contributed by atoms with E-state index in [0.717, 1.165) is 0 Å². The van der Waals surface area contributed by atoms with Crippen LogP contribution in [-0.4, -0.2) is 45.5 Å². The third-order valence-corrected chi connectivity index (χ3v) is 6.27. The van der Waals surface area contributed by atoms with Gasteiger partial charge in [-0.05, 0) is 35.0 Å². The highest BCUT2D eigenvalue weighted by Crippen LogP contribution is 2.35. The van der Waals surface area contributed by atoms with Gasteiger partial charge in [-0.2, -0.15) is 4.31 Å². The maximum atomic E-state index is 12.7. The van der Waals surface area contributed by atoms with E-state index in [1.165, 1.54) is 17.5 Å². The van der Waals surface area contributed by atoms with Gasteiger partial charge in [0.05, 0.1) is 17.0 Å². The minimum atomic E-state index is -3.57. The van der Waals surface area contributed by atoms with E-state index in [1.807, 2.05) is 6.92 Å². The van der Waals surface area contributed by atoms with E-state index in [9.17, 15) is 8.42 Å². The first kappa shape index (κ1) is 16.0. The second-order valence-electron chi connectivity index (χ2n) is 4.64. The summed E-state index contributed by atoms with van der Waals surface area (Å²) >= 11 is 9.31. The zero-order chi connectivity index (χ0) is 14.9. The zero-order valence-corrected chi connectivity index (χ0v) is 14.3. The van der Waals surface area contributed by atoms with Crippen molar-refractivity contribution in [1.29, 1.82) is 0 Å². The maximum Gasteiger partial charge on any atom is 0.244 e. The van der Waals surface area contributed by atoms with Crippen LogP contribution in [0, 0.1) is 0 Å². The van der Waals surface area contributed by atoms with E-state index in [2.05, 4.69) is 21.2 Å². The van der Waals surface area contributed by atoms with Gasteiger partial charge in [-0.25, -0.2) is 8.42 Å². The fourth-order valence-electron chi connectivity index (χ4n) is 2.12. The number of hydrogen-bond donors (Lipinski definition) is 1. The van der Waals surface area contributed by atoms with Gasteiger partial charge in [0.2, 0.25) is 10.0 Å². The third-order valence-electron chi connectivity index (χ3n) is 3.16. The highest BCUT2D eigenvalue weighted by atomic mass is 79.9. The summed E-state index contributed by atoms with van der Waals surface area (Å²) < 4.78 is 32.3. The molecule has 1 atom stereocenters. The molecule has 1 heterocycles. The van der Waals surface area contributed by atoms with Crippen molar-refractivity contribution >= 4 is 37.6 Å². The van der Waals surface area contributed by atoms with Crippen molar-refractivity contribution < 1.29 is 13.2 Å². The normalized spacial score (nSPS) is 20.9. The minimum Gasteiger partial charge on any atom is -0.495 e. The van der Waals surface area contributed by atoms with Gasteiger partial charge in [0.25, 0.3) is 0 Å². The lowest BCUT2D eigenvalue weighted by molar-refractivity contribution is 0.310. The van der Waals surface area contributed by atoms with E-state index >= 15 is 0 Å². The fraction of sp³-hybridized carbons (Fsp3) is 0.500. The lowest BCUT2D eigenvalue weighted by Gasteiger charge is -2.31. The Morgan fingerprint density at radius 3 is 2.80 bits per heavy atom. The van der Waals surface area contributed by atoms with Crippen LogP contribution in [0.1, 0.15) is 6.92 Å². The number of benzene rings is 1. The maximum absolute atomic E-state index is 12.7. The first-order valence-electron chi connectivity index (χ1n) is 6.13. The second kappa shape index (κ2) is 6.19. The molecule has 0 aliphatic carbocycles. The van der Waals surface area contributed by atoms with Crippen LogP contribution in [-0.2, 0) is 10.0 Å². The molecule has 0 bridgehead atoms. The van der Waals surface area contributed by atoms with E-state index in [-0.39, 0.29) is 16.0 Å². The largest absolute Gasteiger partial charge is 0.495 e. The summed E-state index contributed by atoms with van der Waals surface area (Å²) in [4.78, 5) is 0.164. The number of hydrogen-bond acceptors (Lipinski definition) is 4. The Kier molecular flexibility index (Phi) is 4.96. The summed E-state index contributed by atoms with van der Waals surface area (Å²) in [5.74, 6) is 0.436. The molecule has 1 N–H and O–H groups in total. The summed E-state index contributed by atoms with van der Waals surface area (Å²) in [6, 6.07) is 3.12. The van der Waals surface area contributed by atoms with Crippen molar-refractivity contribution in [3.8, 4) is 5.75 Å². The Morgan fingerprint density at radius 2 is 2.20 bits per heavy atom. The molecule has 20 heavy (non-hydrogen) atoms. The molecule has 0 spiro atoms. The molecule has 1 aromatic rings. The minimum absolute atomic E-state index is 0.131. The summed E-state index contributed by atoms with van der Waals surface area (Å²) in [7, 11) is -2.08. The molecule has 1 unspecified atom stereocenters. The first-order valence-corrected chi connectivity index (χ1v) is 8.74. The van der Waals surface area contributed by atoms with Gasteiger partial charge in [-0.3, -0.25) is 0 Å². The molecule has 8 heteroatoms. The molecule has 5 nitrogen and oxygen atoms in total. The van der Waals surface area contributed by atoms with Crippen molar-refractivity contribution in [2.45, 2.75) is 17.9 Å².